The number of rotatable bonds is 3. The molecule has 3 amide bonds. The third-order valence-electron chi connectivity index (χ3n) is 1.92. The molecule has 0 fully saturated rings. The smallest absolute Gasteiger partial charge is 0.230 e. The molecule has 0 aliphatic heterocycles. The predicted molar refractivity (Wildman–Crippen MR) is 60.0 cm³/mol. The van der Waals surface area contributed by atoms with E-state index in [0.717, 1.165) is 4.90 Å². The lowest BCUT2D eigenvalue weighted by Gasteiger charge is -2.17. The Morgan fingerprint density at radius 3 is 2.38 bits per heavy atom. The number of para-hydroxylation sites is 2. The molecule has 1 N–H and O–H groups in total. The normalized spacial score (nSPS) is 9.38. The van der Waals surface area contributed by atoms with Crippen LogP contribution in [0.1, 0.15) is 13.8 Å². The van der Waals surface area contributed by atoms with Gasteiger partial charge in [-0.15, -0.1) is 0 Å². The van der Waals surface area contributed by atoms with Gasteiger partial charge in [0.2, 0.25) is 18.2 Å². The van der Waals surface area contributed by atoms with Gasteiger partial charge in [0.15, 0.2) is 0 Å². The van der Waals surface area contributed by atoms with E-state index in [1.54, 1.807) is 24.3 Å². The van der Waals surface area contributed by atoms with Crippen LogP contribution in [0.3, 0.4) is 0 Å². The van der Waals surface area contributed by atoms with Crippen molar-refractivity contribution in [3.05, 3.63) is 24.3 Å². The second-order valence-corrected chi connectivity index (χ2v) is 3.19. The molecule has 0 saturated heterocycles. The Labute approximate surface area is 93.1 Å². The number of amides is 3. The van der Waals surface area contributed by atoms with Crippen molar-refractivity contribution in [2.75, 3.05) is 10.2 Å². The van der Waals surface area contributed by atoms with Crippen molar-refractivity contribution in [2.45, 2.75) is 13.8 Å². The summed E-state index contributed by atoms with van der Waals surface area (Å²) in [5, 5.41) is 2.55. The topological polar surface area (TPSA) is 66.5 Å². The van der Waals surface area contributed by atoms with E-state index in [4.69, 9.17) is 0 Å². The van der Waals surface area contributed by atoms with E-state index in [9.17, 15) is 14.4 Å². The molecular formula is C11H12N2O3. The lowest BCUT2D eigenvalue weighted by Crippen LogP contribution is -2.27. The molecule has 0 saturated carbocycles. The summed E-state index contributed by atoms with van der Waals surface area (Å²) in [6.07, 6.45) is 0.420. The number of imide groups is 1. The van der Waals surface area contributed by atoms with Crippen molar-refractivity contribution in [3.8, 4) is 0 Å². The summed E-state index contributed by atoms with van der Waals surface area (Å²) < 4.78 is 0. The Morgan fingerprint density at radius 2 is 1.88 bits per heavy atom. The van der Waals surface area contributed by atoms with E-state index in [2.05, 4.69) is 5.32 Å². The maximum absolute atomic E-state index is 11.2. The first-order valence-electron chi connectivity index (χ1n) is 4.68. The van der Waals surface area contributed by atoms with Crippen LogP contribution in [0.5, 0.6) is 0 Å². The third kappa shape index (κ3) is 2.66. The summed E-state index contributed by atoms with van der Waals surface area (Å²) in [5.41, 5.74) is 0.789. The first-order valence-corrected chi connectivity index (χ1v) is 4.68. The van der Waals surface area contributed by atoms with Gasteiger partial charge in [-0.1, -0.05) is 12.1 Å². The molecular weight excluding hydrogens is 208 g/mol. The van der Waals surface area contributed by atoms with E-state index < -0.39 is 5.91 Å². The Morgan fingerprint density at radius 1 is 1.25 bits per heavy atom. The maximum Gasteiger partial charge on any atom is 0.230 e. The van der Waals surface area contributed by atoms with Gasteiger partial charge in [-0.25, -0.2) is 0 Å². The molecule has 0 unspecified atom stereocenters. The van der Waals surface area contributed by atoms with Crippen LogP contribution in [0.2, 0.25) is 0 Å². The fourth-order valence-electron chi connectivity index (χ4n) is 1.28. The molecule has 1 aromatic rings. The van der Waals surface area contributed by atoms with Crippen molar-refractivity contribution >= 4 is 29.6 Å². The molecule has 1 aromatic carbocycles. The van der Waals surface area contributed by atoms with Crippen molar-refractivity contribution in [2.24, 2.45) is 0 Å². The van der Waals surface area contributed by atoms with Crippen molar-refractivity contribution < 1.29 is 14.4 Å². The highest BCUT2D eigenvalue weighted by molar-refractivity contribution is 6.09. The van der Waals surface area contributed by atoms with Crippen molar-refractivity contribution in [1.29, 1.82) is 0 Å². The fourth-order valence-corrected chi connectivity index (χ4v) is 1.28. The molecule has 1 rings (SSSR count). The Hall–Kier alpha value is -2.17. The van der Waals surface area contributed by atoms with Crippen LogP contribution >= 0.6 is 0 Å². The largest absolute Gasteiger partial charge is 0.325 e. The third-order valence-corrected chi connectivity index (χ3v) is 1.92. The van der Waals surface area contributed by atoms with Crippen molar-refractivity contribution in [1.82, 2.24) is 0 Å². The van der Waals surface area contributed by atoms with Crippen LogP contribution in [0.25, 0.3) is 0 Å². The summed E-state index contributed by atoms with van der Waals surface area (Å²) in [6, 6.07) is 6.59. The molecule has 0 heterocycles. The average molecular weight is 220 g/mol. The van der Waals surface area contributed by atoms with Gasteiger partial charge in [-0.2, -0.15) is 0 Å². The molecule has 5 heteroatoms. The lowest BCUT2D eigenvalue weighted by molar-refractivity contribution is -0.120. The van der Waals surface area contributed by atoms with Crippen LogP contribution < -0.4 is 10.2 Å². The summed E-state index contributed by atoms with van der Waals surface area (Å²) >= 11 is 0. The van der Waals surface area contributed by atoms with Gasteiger partial charge in [0.1, 0.15) is 0 Å². The molecule has 0 spiro atoms. The molecule has 0 aliphatic carbocycles. The predicted octanol–water partition coefficient (Wildman–Crippen LogP) is 1.15. The molecule has 0 aromatic heterocycles. The Kier molecular flexibility index (Phi) is 3.77. The zero-order valence-electron chi connectivity index (χ0n) is 9.06. The molecule has 84 valence electrons. The lowest BCUT2D eigenvalue weighted by atomic mass is 10.2. The fraction of sp³-hybridized carbons (Fsp3) is 0.182. The highest BCUT2D eigenvalue weighted by Crippen LogP contribution is 2.24. The van der Waals surface area contributed by atoms with Crippen LogP contribution in [0, 0.1) is 0 Å². The van der Waals surface area contributed by atoms with Crippen LogP contribution in [0.15, 0.2) is 24.3 Å². The standard InChI is InChI=1S/C11H12N2O3/c1-8(15)12-10-5-3-4-6-11(10)13(7-14)9(2)16/h3-7H,1-2H3,(H,12,15). The summed E-state index contributed by atoms with van der Waals surface area (Å²) in [4.78, 5) is 33.9. The number of carbonyl (C=O) groups excluding carboxylic acids is 3. The SMILES string of the molecule is CC(=O)Nc1ccccc1N(C=O)C(C)=O. The van der Waals surface area contributed by atoms with Gasteiger partial charge in [-0.05, 0) is 12.1 Å². The second kappa shape index (κ2) is 5.06. The number of hydrogen-bond acceptors (Lipinski definition) is 3. The van der Waals surface area contributed by atoms with Crippen molar-refractivity contribution in [3.63, 3.8) is 0 Å². The van der Waals surface area contributed by atoms with Gasteiger partial charge in [0.25, 0.3) is 0 Å². The van der Waals surface area contributed by atoms with E-state index in [1.165, 1.54) is 13.8 Å². The van der Waals surface area contributed by atoms with Gasteiger partial charge < -0.3 is 5.32 Å². The molecule has 0 radical (unpaired) electrons. The van der Waals surface area contributed by atoms with Crippen LogP contribution in [0.4, 0.5) is 11.4 Å². The van der Waals surface area contributed by atoms with Gasteiger partial charge in [0, 0.05) is 13.8 Å². The molecule has 0 aliphatic rings. The van der Waals surface area contributed by atoms with E-state index >= 15 is 0 Å². The van der Waals surface area contributed by atoms with E-state index in [-0.39, 0.29) is 5.91 Å². The zero-order valence-corrected chi connectivity index (χ0v) is 9.06. The monoisotopic (exact) mass is 220 g/mol. The molecule has 0 atom stereocenters. The highest BCUT2D eigenvalue weighted by Gasteiger charge is 2.14. The van der Waals surface area contributed by atoms with Crippen LogP contribution in [-0.2, 0) is 14.4 Å². The minimum absolute atomic E-state index is 0.262. The Bertz CT molecular complexity index is 429. The first-order chi connectivity index (χ1) is 7.56. The Balaban J connectivity index is 3.15. The van der Waals surface area contributed by atoms with E-state index in [1.807, 2.05) is 0 Å². The zero-order chi connectivity index (χ0) is 12.1. The number of carbonyl (C=O) groups is 3. The minimum atomic E-state index is -0.409. The maximum atomic E-state index is 11.2. The average Bonchev–Trinajstić information content (AvgIpc) is 2.20. The summed E-state index contributed by atoms with van der Waals surface area (Å²) in [7, 11) is 0. The van der Waals surface area contributed by atoms with Gasteiger partial charge >= 0.3 is 0 Å². The first kappa shape index (κ1) is 11.9. The molecule has 16 heavy (non-hydrogen) atoms. The molecule has 0 bridgehead atoms. The summed E-state index contributed by atoms with van der Waals surface area (Å²) in [5.74, 6) is -0.672. The second-order valence-electron chi connectivity index (χ2n) is 3.19. The number of hydrogen-bond donors (Lipinski definition) is 1. The van der Waals surface area contributed by atoms with E-state index in [0.29, 0.717) is 17.8 Å². The number of nitrogens with one attached hydrogen (secondary N) is 1. The quantitative estimate of drug-likeness (QED) is 0.777. The number of benzene rings is 1. The van der Waals surface area contributed by atoms with Crippen LogP contribution in [-0.4, -0.2) is 18.2 Å². The number of nitrogens with zero attached hydrogens (tertiary/aromatic N) is 1. The number of anilines is 2. The highest BCUT2D eigenvalue weighted by atomic mass is 16.2. The summed E-state index contributed by atoms with van der Waals surface area (Å²) in [6.45, 7) is 2.63. The van der Waals surface area contributed by atoms with Gasteiger partial charge in [-0.3, -0.25) is 19.3 Å². The van der Waals surface area contributed by atoms with Gasteiger partial charge in [0.05, 0.1) is 11.4 Å². The minimum Gasteiger partial charge on any atom is -0.325 e. The molecule has 5 nitrogen and oxygen atoms in total.